The van der Waals surface area contributed by atoms with Crippen molar-refractivity contribution < 1.29 is 14.3 Å². The molecule has 0 spiro atoms. The zero-order valence-corrected chi connectivity index (χ0v) is 12.7. The molecule has 1 aromatic heterocycles. The number of tetrazole rings is 1. The zero-order chi connectivity index (χ0) is 16.9. The van der Waals surface area contributed by atoms with E-state index in [1.54, 1.807) is 48.5 Å². The van der Waals surface area contributed by atoms with Crippen LogP contribution in [-0.2, 0) is 4.74 Å². The van der Waals surface area contributed by atoms with E-state index in [0.29, 0.717) is 22.5 Å². The summed E-state index contributed by atoms with van der Waals surface area (Å²) in [6, 6.07) is 13.3. The predicted octanol–water partition coefficient (Wildman–Crippen LogP) is 1.70. The topological polar surface area (TPSA) is 99.0 Å². The molecule has 0 aliphatic carbocycles. The number of hydrogen-bond donors (Lipinski definition) is 1. The number of amides is 1. The summed E-state index contributed by atoms with van der Waals surface area (Å²) >= 11 is 0. The first-order valence-electron chi connectivity index (χ1n) is 7.00. The standard InChI is InChI=1S/C16H13N5O3/c1-24-16(23)11-5-7-13(8-6-11)18-15(22)12-3-2-4-14(9-12)21-10-17-19-20-21/h2-10H,1H3,(H,18,22). The van der Waals surface area contributed by atoms with Crippen molar-refractivity contribution in [1.29, 1.82) is 0 Å². The van der Waals surface area contributed by atoms with Gasteiger partial charge in [0.15, 0.2) is 0 Å². The van der Waals surface area contributed by atoms with Gasteiger partial charge >= 0.3 is 5.97 Å². The van der Waals surface area contributed by atoms with Crippen molar-refractivity contribution in [1.82, 2.24) is 20.2 Å². The number of methoxy groups -OCH3 is 1. The van der Waals surface area contributed by atoms with Gasteiger partial charge in [-0.05, 0) is 52.9 Å². The van der Waals surface area contributed by atoms with Gasteiger partial charge in [-0.25, -0.2) is 9.48 Å². The average molecular weight is 323 g/mol. The third-order valence-electron chi connectivity index (χ3n) is 3.29. The van der Waals surface area contributed by atoms with Crippen molar-refractivity contribution in [2.24, 2.45) is 0 Å². The van der Waals surface area contributed by atoms with Gasteiger partial charge in [0.05, 0.1) is 18.4 Å². The summed E-state index contributed by atoms with van der Waals surface area (Å²) < 4.78 is 6.09. The number of benzene rings is 2. The highest BCUT2D eigenvalue weighted by molar-refractivity contribution is 6.04. The van der Waals surface area contributed by atoms with E-state index in [4.69, 9.17) is 0 Å². The normalized spacial score (nSPS) is 10.2. The van der Waals surface area contributed by atoms with Crippen LogP contribution >= 0.6 is 0 Å². The van der Waals surface area contributed by atoms with Gasteiger partial charge in [-0.2, -0.15) is 0 Å². The summed E-state index contributed by atoms with van der Waals surface area (Å²) in [5.41, 5.74) is 2.12. The number of nitrogens with one attached hydrogen (secondary N) is 1. The molecule has 3 aromatic rings. The molecular weight excluding hydrogens is 310 g/mol. The summed E-state index contributed by atoms with van der Waals surface area (Å²) in [6.07, 6.45) is 1.45. The summed E-state index contributed by atoms with van der Waals surface area (Å²) in [4.78, 5) is 23.7. The first kappa shape index (κ1) is 15.3. The van der Waals surface area contributed by atoms with Crippen molar-refractivity contribution in [2.75, 3.05) is 12.4 Å². The van der Waals surface area contributed by atoms with Crippen molar-refractivity contribution >= 4 is 17.6 Å². The molecule has 2 aromatic carbocycles. The molecular formula is C16H13N5O3. The molecule has 0 aliphatic heterocycles. The highest BCUT2D eigenvalue weighted by Gasteiger charge is 2.09. The Morgan fingerprint density at radius 2 is 1.88 bits per heavy atom. The van der Waals surface area contributed by atoms with Gasteiger partial charge in [0, 0.05) is 11.3 Å². The largest absolute Gasteiger partial charge is 0.465 e. The molecule has 1 heterocycles. The minimum atomic E-state index is -0.429. The van der Waals surface area contributed by atoms with Gasteiger partial charge < -0.3 is 10.1 Å². The summed E-state index contributed by atoms with van der Waals surface area (Å²) in [5.74, 6) is -0.710. The summed E-state index contributed by atoms with van der Waals surface area (Å²) in [7, 11) is 1.32. The number of ether oxygens (including phenoxy) is 1. The molecule has 24 heavy (non-hydrogen) atoms. The fraction of sp³-hybridized carbons (Fsp3) is 0.0625. The number of esters is 1. The predicted molar refractivity (Wildman–Crippen MR) is 84.9 cm³/mol. The molecule has 0 unspecified atom stereocenters. The van der Waals surface area contributed by atoms with Crippen molar-refractivity contribution in [3.05, 3.63) is 66.0 Å². The van der Waals surface area contributed by atoms with Gasteiger partial charge in [0.2, 0.25) is 0 Å². The molecule has 0 fully saturated rings. The second-order valence-corrected chi connectivity index (χ2v) is 4.83. The molecule has 0 saturated heterocycles. The maximum atomic E-state index is 12.3. The fourth-order valence-corrected chi connectivity index (χ4v) is 2.08. The number of rotatable bonds is 4. The Kier molecular flexibility index (Phi) is 4.28. The number of carbonyl (C=O) groups is 2. The van der Waals surface area contributed by atoms with Crippen LogP contribution in [0.1, 0.15) is 20.7 Å². The van der Waals surface area contributed by atoms with Crippen LogP contribution < -0.4 is 5.32 Å². The number of anilines is 1. The van der Waals surface area contributed by atoms with Crippen LogP contribution in [0.25, 0.3) is 5.69 Å². The molecule has 8 nitrogen and oxygen atoms in total. The number of aromatic nitrogens is 4. The molecule has 0 saturated carbocycles. The molecule has 120 valence electrons. The Morgan fingerprint density at radius 3 is 2.54 bits per heavy atom. The SMILES string of the molecule is COC(=O)c1ccc(NC(=O)c2cccc(-n3cnnn3)c2)cc1. The van der Waals surface area contributed by atoms with Crippen LogP contribution in [0.4, 0.5) is 5.69 Å². The zero-order valence-electron chi connectivity index (χ0n) is 12.7. The van der Waals surface area contributed by atoms with Crippen LogP contribution in [0.15, 0.2) is 54.9 Å². The molecule has 0 radical (unpaired) electrons. The maximum absolute atomic E-state index is 12.3. The lowest BCUT2D eigenvalue weighted by Gasteiger charge is -2.07. The summed E-state index contributed by atoms with van der Waals surface area (Å²) in [6.45, 7) is 0. The molecule has 0 atom stereocenters. The molecule has 1 N–H and O–H groups in total. The number of nitrogens with zero attached hydrogens (tertiary/aromatic N) is 4. The second kappa shape index (κ2) is 6.69. The Labute approximate surface area is 137 Å². The number of carbonyl (C=O) groups excluding carboxylic acids is 2. The first-order valence-corrected chi connectivity index (χ1v) is 7.00. The van der Waals surface area contributed by atoms with Gasteiger partial charge in [0.1, 0.15) is 6.33 Å². The van der Waals surface area contributed by atoms with E-state index in [-0.39, 0.29) is 5.91 Å². The van der Waals surface area contributed by atoms with E-state index < -0.39 is 5.97 Å². The average Bonchev–Trinajstić information content (AvgIpc) is 3.16. The van der Waals surface area contributed by atoms with Gasteiger partial charge in [0.25, 0.3) is 5.91 Å². The highest BCUT2D eigenvalue weighted by Crippen LogP contribution is 2.14. The third-order valence-corrected chi connectivity index (χ3v) is 3.29. The maximum Gasteiger partial charge on any atom is 0.337 e. The first-order chi connectivity index (χ1) is 11.7. The minimum absolute atomic E-state index is 0.282. The quantitative estimate of drug-likeness (QED) is 0.734. The Bertz CT molecular complexity index is 860. The lowest BCUT2D eigenvalue weighted by molar-refractivity contribution is 0.0600. The molecule has 3 rings (SSSR count). The lowest BCUT2D eigenvalue weighted by Crippen LogP contribution is -2.12. The minimum Gasteiger partial charge on any atom is -0.465 e. The van der Waals surface area contributed by atoms with E-state index in [2.05, 4.69) is 25.6 Å². The summed E-state index contributed by atoms with van der Waals surface area (Å²) in [5, 5.41) is 13.7. The van der Waals surface area contributed by atoms with E-state index in [1.165, 1.54) is 18.1 Å². The highest BCUT2D eigenvalue weighted by atomic mass is 16.5. The third kappa shape index (κ3) is 3.27. The van der Waals surface area contributed by atoms with Gasteiger partial charge in [-0.15, -0.1) is 5.10 Å². The molecule has 0 aliphatic rings. The van der Waals surface area contributed by atoms with Crippen LogP contribution in [0.3, 0.4) is 0 Å². The van der Waals surface area contributed by atoms with E-state index >= 15 is 0 Å². The fourth-order valence-electron chi connectivity index (χ4n) is 2.08. The van der Waals surface area contributed by atoms with Gasteiger partial charge in [-0.3, -0.25) is 4.79 Å². The van der Waals surface area contributed by atoms with Crippen molar-refractivity contribution in [3.63, 3.8) is 0 Å². The van der Waals surface area contributed by atoms with E-state index in [0.717, 1.165) is 0 Å². The monoisotopic (exact) mass is 323 g/mol. The van der Waals surface area contributed by atoms with Gasteiger partial charge in [-0.1, -0.05) is 6.07 Å². The Morgan fingerprint density at radius 1 is 1.08 bits per heavy atom. The van der Waals surface area contributed by atoms with E-state index in [9.17, 15) is 9.59 Å². The van der Waals surface area contributed by atoms with Crippen LogP contribution in [0, 0.1) is 0 Å². The molecule has 1 amide bonds. The van der Waals surface area contributed by atoms with Crippen molar-refractivity contribution in [3.8, 4) is 5.69 Å². The van der Waals surface area contributed by atoms with Crippen LogP contribution in [-0.4, -0.2) is 39.2 Å². The van der Waals surface area contributed by atoms with Crippen LogP contribution in [0.2, 0.25) is 0 Å². The lowest BCUT2D eigenvalue weighted by atomic mass is 10.1. The van der Waals surface area contributed by atoms with Crippen LogP contribution in [0.5, 0.6) is 0 Å². The smallest absolute Gasteiger partial charge is 0.337 e. The second-order valence-electron chi connectivity index (χ2n) is 4.83. The molecule has 8 heteroatoms. The Balaban J connectivity index is 1.75. The van der Waals surface area contributed by atoms with E-state index in [1.807, 2.05) is 0 Å². The number of hydrogen-bond acceptors (Lipinski definition) is 6. The van der Waals surface area contributed by atoms with Crippen molar-refractivity contribution in [2.45, 2.75) is 0 Å². The molecule has 0 bridgehead atoms. The Hall–Kier alpha value is -3.55.